The predicted octanol–water partition coefficient (Wildman–Crippen LogP) is 4.17. The van der Waals surface area contributed by atoms with Crippen molar-refractivity contribution in [1.29, 1.82) is 5.26 Å². The van der Waals surface area contributed by atoms with Crippen molar-refractivity contribution in [1.82, 2.24) is 5.32 Å². The Hall–Kier alpha value is -2.97. The number of rotatable bonds is 8. The van der Waals surface area contributed by atoms with E-state index in [1.165, 1.54) is 10.8 Å². The maximum atomic E-state index is 12.0. The summed E-state index contributed by atoms with van der Waals surface area (Å²) in [5, 5.41) is 17.5. The van der Waals surface area contributed by atoms with Crippen LogP contribution in [0.15, 0.2) is 66.7 Å². The number of fused-ring (bicyclic) bond motifs is 1. The van der Waals surface area contributed by atoms with E-state index in [0.717, 1.165) is 17.0 Å². The standard InChI is InChI=1S/C22H21N3OS/c23-14-17-8-10-18(11-9-17)15-27-16-22(26)25-13-12-24-21-7-3-5-19-4-1-2-6-20(19)21/h1-11,24H,12-13,15-16H2,(H,25,26). The highest BCUT2D eigenvalue weighted by atomic mass is 32.2. The summed E-state index contributed by atoms with van der Waals surface area (Å²) in [6.07, 6.45) is 0. The minimum absolute atomic E-state index is 0.0355. The van der Waals surface area contributed by atoms with Crippen LogP contribution in [0.1, 0.15) is 11.1 Å². The second-order valence-electron chi connectivity index (χ2n) is 6.10. The van der Waals surface area contributed by atoms with Crippen LogP contribution in [0.5, 0.6) is 0 Å². The normalized spacial score (nSPS) is 10.3. The van der Waals surface area contributed by atoms with Crippen molar-refractivity contribution in [2.24, 2.45) is 0 Å². The molecule has 0 atom stereocenters. The van der Waals surface area contributed by atoms with Crippen LogP contribution < -0.4 is 10.6 Å². The monoisotopic (exact) mass is 375 g/mol. The predicted molar refractivity (Wildman–Crippen MR) is 113 cm³/mol. The van der Waals surface area contributed by atoms with Gasteiger partial charge in [0.1, 0.15) is 0 Å². The number of nitrogens with zero attached hydrogens (tertiary/aromatic N) is 1. The number of nitrogens with one attached hydrogen (secondary N) is 2. The number of hydrogen-bond acceptors (Lipinski definition) is 4. The lowest BCUT2D eigenvalue weighted by Crippen LogP contribution is -2.30. The summed E-state index contributed by atoms with van der Waals surface area (Å²) in [5.74, 6) is 1.22. The molecule has 136 valence electrons. The van der Waals surface area contributed by atoms with Gasteiger partial charge in [0.05, 0.1) is 17.4 Å². The molecule has 0 aliphatic carbocycles. The molecule has 5 heteroatoms. The number of carbonyl (C=O) groups is 1. The Kier molecular flexibility index (Phi) is 6.72. The largest absolute Gasteiger partial charge is 0.383 e. The molecule has 0 aliphatic rings. The van der Waals surface area contributed by atoms with Gasteiger partial charge in [0.2, 0.25) is 5.91 Å². The SMILES string of the molecule is N#Cc1ccc(CSCC(=O)NCCNc2cccc3ccccc23)cc1. The summed E-state index contributed by atoms with van der Waals surface area (Å²) < 4.78 is 0. The molecular weight excluding hydrogens is 354 g/mol. The molecule has 1 amide bonds. The topological polar surface area (TPSA) is 64.9 Å². The van der Waals surface area contributed by atoms with Crippen LogP contribution in [0.3, 0.4) is 0 Å². The molecule has 2 N–H and O–H groups in total. The molecule has 0 bridgehead atoms. The average Bonchev–Trinajstić information content (AvgIpc) is 2.72. The van der Waals surface area contributed by atoms with Crippen LogP contribution in [-0.4, -0.2) is 24.7 Å². The first-order valence-corrected chi connectivity index (χ1v) is 9.97. The van der Waals surface area contributed by atoms with E-state index in [0.29, 0.717) is 24.4 Å². The minimum atomic E-state index is 0.0355. The van der Waals surface area contributed by atoms with Gasteiger partial charge in [-0.2, -0.15) is 5.26 Å². The van der Waals surface area contributed by atoms with E-state index in [2.05, 4.69) is 41.0 Å². The fourth-order valence-electron chi connectivity index (χ4n) is 2.77. The summed E-state index contributed by atoms with van der Waals surface area (Å²) in [4.78, 5) is 12.0. The molecule has 0 fully saturated rings. The minimum Gasteiger partial charge on any atom is -0.383 e. The van der Waals surface area contributed by atoms with Gasteiger partial charge >= 0.3 is 0 Å². The van der Waals surface area contributed by atoms with Gasteiger partial charge in [0, 0.05) is 29.9 Å². The molecule has 27 heavy (non-hydrogen) atoms. The number of carbonyl (C=O) groups excluding carboxylic acids is 1. The highest BCUT2D eigenvalue weighted by Gasteiger charge is 2.03. The van der Waals surface area contributed by atoms with Gasteiger partial charge in [-0.05, 0) is 29.1 Å². The lowest BCUT2D eigenvalue weighted by molar-refractivity contribution is -0.118. The smallest absolute Gasteiger partial charge is 0.230 e. The number of thioether (sulfide) groups is 1. The summed E-state index contributed by atoms with van der Waals surface area (Å²) in [7, 11) is 0. The molecule has 0 unspecified atom stereocenters. The first kappa shape index (κ1) is 18.8. The van der Waals surface area contributed by atoms with Crippen molar-refractivity contribution in [3.8, 4) is 6.07 Å². The molecule has 3 rings (SSSR count). The fraction of sp³-hybridized carbons (Fsp3) is 0.182. The van der Waals surface area contributed by atoms with E-state index in [1.54, 1.807) is 23.9 Å². The van der Waals surface area contributed by atoms with E-state index in [-0.39, 0.29) is 5.91 Å². The zero-order valence-electron chi connectivity index (χ0n) is 14.9. The van der Waals surface area contributed by atoms with Gasteiger partial charge in [0.15, 0.2) is 0 Å². The zero-order chi connectivity index (χ0) is 18.9. The molecule has 3 aromatic rings. The average molecular weight is 375 g/mol. The van der Waals surface area contributed by atoms with E-state index < -0.39 is 0 Å². The molecule has 3 aromatic carbocycles. The molecule has 0 aliphatic heterocycles. The van der Waals surface area contributed by atoms with E-state index in [1.807, 2.05) is 30.3 Å². The molecule has 4 nitrogen and oxygen atoms in total. The number of anilines is 1. The van der Waals surface area contributed by atoms with Crippen molar-refractivity contribution in [3.05, 3.63) is 77.9 Å². The van der Waals surface area contributed by atoms with Crippen molar-refractivity contribution >= 4 is 34.1 Å². The van der Waals surface area contributed by atoms with Crippen LogP contribution in [0.4, 0.5) is 5.69 Å². The lowest BCUT2D eigenvalue weighted by atomic mass is 10.1. The second kappa shape index (κ2) is 9.65. The van der Waals surface area contributed by atoms with Gasteiger partial charge < -0.3 is 10.6 Å². The number of amides is 1. The third-order valence-electron chi connectivity index (χ3n) is 4.14. The Balaban J connectivity index is 1.36. The summed E-state index contributed by atoms with van der Waals surface area (Å²) in [5.41, 5.74) is 2.85. The Bertz CT molecular complexity index is 942. The zero-order valence-corrected chi connectivity index (χ0v) is 15.8. The molecule has 0 saturated heterocycles. The molecule has 0 spiro atoms. The van der Waals surface area contributed by atoms with E-state index in [4.69, 9.17) is 5.26 Å². The maximum Gasteiger partial charge on any atom is 0.230 e. The maximum absolute atomic E-state index is 12.0. The van der Waals surface area contributed by atoms with Crippen LogP contribution in [0.2, 0.25) is 0 Å². The number of benzene rings is 3. The van der Waals surface area contributed by atoms with Gasteiger partial charge in [-0.1, -0.05) is 48.5 Å². The highest BCUT2D eigenvalue weighted by Crippen LogP contribution is 2.22. The first-order valence-electron chi connectivity index (χ1n) is 8.81. The molecule has 0 radical (unpaired) electrons. The van der Waals surface area contributed by atoms with Crippen LogP contribution in [0.25, 0.3) is 10.8 Å². The lowest BCUT2D eigenvalue weighted by Gasteiger charge is -2.10. The summed E-state index contributed by atoms with van der Waals surface area (Å²) in [6.45, 7) is 1.26. The van der Waals surface area contributed by atoms with E-state index >= 15 is 0 Å². The molecular formula is C22H21N3OS. The highest BCUT2D eigenvalue weighted by molar-refractivity contribution is 7.99. The van der Waals surface area contributed by atoms with Crippen molar-refractivity contribution in [2.75, 3.05) is 24.2 Å². The van der Waals surface area contributed by atoms with Gasteiger partial charge in [0.25, 0.3) is 0 Å². The number of nitriles is 1. The van der Waals surface area contributed by atoms with E-state index in [9.17, 15) is 4.79 Å². The Morgan fingerprint density at radius 3 is 2.56 bits per heavy atom. The third-order valence-corrected chi connectivity index (χ3v) is 5.14. The van der Waals surface area contributed by atoms with Gasteiger partial charge in [-0.3, -0.25) is 4.79 Å². The van der Waals surface area contributed by atoms with Crippen molar-refractivity contribution in [2.45, 2.75) is 5.75 Å². The Morgan fingerprint density at radius 2 is 1.74 bits per heavy atom. The van der Waals surface area contributed by atoms with Crippen molar-refractivity contribution in [3.63, 3.8) is 0 Å². The van der Waals surface area contributed by atoms with Gasteiger partial charge in [-0.25, -0.2) is 0 Å². The van der Waals surface area contributed by atoms with Crippen LogP contribution in [-0.2, 0) is 10.5 Å². The molecule has 0 heterocycles. The summed E-state index contributed by atoms with van der Waals surface area (Å²) in [6, 6.07) is 24.0. The fourth-order valence-corrected chi connectivity index (χ4v) is 3.58. The molecule has 0 aromatic heterocycles. The van der Waals surface area contributed by atoms with Crippen LogP contribution in [0, 0.1) is 11.3 Å². The van der Waals surface area contributed by atoms with Gasteiger partial charge in [-0.15, -0.1) is 11.8 Å². The van der Waals surface area contributed by atoms with Crippen LogP contribution >= 0.6 is 11.8 Å². The second-order valence-corrected chi connectivity index (χ2v) is 7.09. The first-order chi connectivity index (χ1) is 13.3. The Morgan fingerprint density at radius 1 is 0.963 bits per heavy atom. The number of hydrogen-bond donors (Lipinski definition) is 2. The van der Waals surface area contributed by atoms with Crippen molar-refractivity contribution < 1.29 is 4.79 Å². The summed E-state index contributed by atoms with van der Waals surface area (Å²) >= 11 is 1.57. The molecule has 0 saturated carbocycles. The quantitative estimate of drug-likeness (QED) is 0.580. The third kappa shape index (κ3) is 5.50. The Labute approximate surface area is 163 Å².